The number of unbranched alkanes of at least 4 members (excludes halogenated alkanes) is 1. The lowest BCUT2D eigenvalue weighted by Crippen LogP contribution is -2.68. The minimum absolute atomic E-state index is 0.0302. The van der Waals surface area contributed by atoms with E-state index in [1.54, 1.807) is 51.1 Å². The highest BCUT2D eigenvalue weighted by Crippen LogP contribution is 2.29. The van der Waals surface area contributed by atoms with Crippen LogP contribution in [0.3, 0.4) is 0 Å². The maximum atomic E-state index is 13.5. The molecule has 0 aliphatic heterocycles. The van der Waals surface area contributed by atoms with E-state index in [0.717, 1.165) is 12.1 Å². The van der Waals surface area contributed by atoms with Gasteiger partial charge in [-0.3, -0.25) is 15.4 Å². The number of amides is 3. The first-order valence-corrected chi connectivity index (χ1v) is 12.2. The first-order valence-electron chi connectivity index (χ1n) is 12.2. The van der Waals surface area contributed by atoms with Crippen molar-refractivity contribution in [1.82, 2.24) is 16.0 Å². The smallest absolute Gasteiger partial charge is 0.416 e. The maximum absolute atomic E-state index is 13.5. The molecule has 0 radical (unpaired) electrons. The van der Waals surface area contributed by atoms with E-state index in [2.05, 4.69) is 16.0 Å². The number of ether oxygens (including phenoxy) is 2. The van der Waals surface area contributed by atoms with Gasteiger partial charge in [0.1, 0.15) is 12.2 Å². The van der Waals surface area contributed by atoms with Crippen LogP contribution in [0, 0.1) is 0 Å². The molecule has 0 bridgehead atoms. The first-order chi connectivity index (χ1) is 17.7. The molecule has 1 unspecified atom stereocenters. The highest BCUT2D eigenvalue weighted by atomic mass is 19.4. The molecule has 2 aromatic rings. The molecule has 3 N–H and O–H groups in total. The Morgan fingerprint density at radius 3 is 2.11 bits per heavy atom. The third kappa shape index (κ3) is 9.95. The number of hydrogen-bond acceptors (Lipinski definition) is 5. The predicted molar refractivity (Wildman–Crippen MR) is 135 cm³/mol. The van der Waals surface area contributed by atoms with Crippen molar-refractivity contribution in [3.05, 3.63) is 71.3 Å². The summed E-state index contributed by atoms with van der Waals surface area (Å²) in [5.41, 5.74) is -2.87. The zero-order valence-corrected chi connectivity index (χ0v) is 21.9. The average molecular weight is 538 g/mol. The summed E-state index contributed by atoms with van der Waals surface area (Å²) in [6.07, 6.45) is -5.50. The molecule has 0 aliphatic carbocycles. The van der Waals surface area contributed by atoms with Crippen molar-refractivity contribution < 1.29 is 37.0 Å². The Hall–Kier alpha value is -3.76. The quantitative estimate of drug-likeness (QED) is 0.339. The summed E-state index contributed by atoms with van der Waals surface area (Å²) < 4.78 is 49.9. The van der Waals surface area contributed by atoms with Crippen molar-refractivity contribution in [1.29, 1.82) is 0 Å². The van der Waals surface area contributed by atoms with Gasteiger partial charge in [0.25, 0.3) is 5.91 Å². The van der Waals surface area contributed by atoms with Crippen LogP contribution in [0.25, 0.3) is 0 Å². The van der Waals surface area contributed by atoms with E-state index in [0.29, 0.717) is 18.4 Å². The second-order valence-electron chi connectivity index (χ2n) is 9.70. The van der Waals surface area contributed by atoms with Crippen LogP contribution in [0.5, 0.6) is 0 Å². The molecule has 0 aliphatic rings. The zero-order valence-electron chi connectivity index (χ0n) is 21.9. The number of halogens is 3. The Labute approximate surface area is 220 Å². The van der Waals surface area contributed by atoms with E-state index >= 15 is 0 Å². The number of rotatable bonds is 10. The highest BCUT2D eigenvalue weighted by Gasteiger charge is 2.43. The molecule has 0 spiro atoms. The van der Waals surface area contributed by atoms with E-state index in [9.17, 15) is 27.6 Å². The fourth-order valence-electron chi connectivity index (χ4n) is 3.43. The Morgan fingerprint density at radius 1 is 0.868 bits per heavy atom. The summed E-state index contributed by atoms with van der Waals surface area (Å²) in [5.74, 6) is -0.842. The SMILES string of the molecule is CCCCC(NC(=O)OCc1ccccc1)(NC(=O)OC(C)(C)C)C(=O)NCc1cccc(C(F)(F)F)c1. The lowest BCUT2D eigenvalue weighted by Gasteiger charge is -2.34. The summed E-state index contributed by atoms with van der Waals surface area (Å²) in [5, 5.41) is 7.44. The van der Waals surface area contributed by atoms with Gasteiger partial charge in [0.05, 0.1) is 5.56 Å². The van der Waals surface area contributed by atoms with Gasteiger partial charge < -0.3 is 14.8 Å². The lowest BCUT2D eigenvalue weighted by atomic mass is 10.0. The Balaban J connectivity index is 2.28. The van der Waals surface area contributed by atoms with E-state index < -0.39 is 41.1 Å². The summed E-state index contributed by atoms with van der Waals surface area (Å²) >= 11 is 0. The maximum Gasteiger partial charge on any atom is 0.416 e. The second-order valence-corrected chi connectivity index (χ2v) is 9.70. The molecule has 2 rings (SSSR count). The molecule has 38 heavy (non-hydrogen) atoms. The van der Waals surface area contributed by atoms with Gasteiger partial charge in [-0.1, -0.05) is 55.8 Å². The number of alkyl carbamates (subject to hydrolysis) is 2. The minimum atomic E-state index is -4.55. The molecule has 0 saturated carbocycles. The van der Waals surface area contributed by atoms with Crippen LogP contribution in [0.4, 0.5) is 22.8 Å². The van der Waals surface area contributed by atoms with Crippen LogP contribution in [0.1, 0.15) is 63.6 Å². The normalized spacial score (nSPS) is 13.1. The van der Waals surface area contributed by atoms with Crippen LogP contribution in [-0.4, -0.2) is 29.4 Å². The van der Waals surface area contributed by atoms with Gasteiger partial charge in [-0.2, -0.15) is 13.2 Å². The summed E-state index contributed by atoms with van der Waals surface area (Å²) in [6, 6.07) is 13.3. The first kappa shape index (κ1) is 30.5. The molecule has 3 amide bonds. The molecule has 0 aromatic heterocycles. The number of carbonyl (C=O) groups is 3. The molecular weight excluding hydrogens is 503 g/mol. The van der Waals surface area contributed by atoms with Gasteiger partial charge in [0.15, 0.2) is 5.66 Å². The zero-order chi connectivity index (χ0) is 28.4. The van der Waals surface area contributed by atoms with E-state index in [4.69, 9.17) is 9.47 Å². The third-order valence-electron chi connectivity index (χ3n) is 5.24. The Kier molecular flexibility index (Phi) is 10.5. The summed E-state index contributed by atoms with van der Waals surface area (Å²) in [7, 11) is 0. The number of nitrogens with one attached hydrogen (secondary N) is 3. The van der Waals surface area contributed by atoms with Crippen LogP contribution >= 0.6 is 0 Å². The lowest BCUT2D eigenvalue weighted by molar-refractivity contribution is -0.137. The van der Waals surface area contributed by atoms with Gasteiger partial charge >= 0.3 is 18.4 Å². The van der Waals surface area contributed by atoms with E-state index in [-0.39, 0.29) is 25.1 Å². The Morgan fingerprint density at radius 2 is 1.50 bits per heavy atom. The van der Waals surface area contributed by atoms with Crippen molar-refractivity contribution in [3.8, 4) is 0 Å². The molecular formula is C27H34F3N3O5. The van der Waals surface area contributed by atoms with Gasteiger partial charge in [-0.15, -0.1) is 0 Å². The standard InChI is InChI=1S/C27H34F3N3O5/c1-5-6-15-26(33-24(36)38-25(2,3)4,32-23(35)37-18-19-11-8-7-9-12-19)22(34)31-17-20-13-10-14-21(16-20)27(28,29)30/h7-14,16H,5-6,15,17-18H2,1-4H3,(H,31,34)(H,32,35)(H,33,36). The number of benzene rings is 2. The van der Waals surface area contributed by atoms with Crippen molar-refractivity contribution in [3.63, 3.8) is 0 Å². The topological polar surface area (TPSA) is 106 Å². The van der Waals surface area contributed by atoms with Crippen LogP contribution in [0.15, 0.2) is 54.6 Å². The highest BCUT2D eigenvalue weighted by molar-refractivity contribution is 5.92. The van der Waals surface area contributed by atoms with Gasteiger partial charge in [-0.05, 0) is 56.9 Å². The monoisotopic (exact) mass is 537 g/mol. The molecule has 208 valence electrons. The molecule has 0 saturated heterocycles. The predicted octanol–water partition coefficient (Wildman–Crippen LogP) is 5.66. The van der Waals surface area contributed by atoms with Crippen LogP contribution in [-0.2, 0) is 33.6 Å². The average Bonchev–Trinajstić information content (AvgIpc) is 2.83. The molecule has 1 atom stereocenters. The van der Waals surface area contributed by atoms with Gasteiger partial charge in [0, 0.05) is 6.54 Å². The van der Waals surface area contributed by atoms with Crippen LogP contribution in [0.2, 0.25) is 0 Å². The van der Waals surface area contributed by atoms with Crippen molar-refractivity contribution in [2.24, 2.45) is 0 Å². The number of hydrogen-bond donors (Lipinski definition) is 3. The van der Waals surface area contributed by atoms with Crippen molar-refractivity contribution in [2.75, 3.05) is 0 Å². The number of alkyl halides is 3. The van der Waals surface area contributed by atoms with Gasteiger partial charge in [0.2, 0.25) is 0 Å². The second kappa shape index (κ2) is 13.2. The van der Waals surface area contributed by atoms with Crippen LogP contribution < -0.4 is 16.0 Å². The van der Waals surface area contributed by atoms with Crippen molar-refractivity contribution >= 4 is 18.1 Å². The molecule has 0 fully saturated rings. The number of carbonyl (C=O) groups excluding carboxylic acids is 3. The fourth-order valence-corrected chi connectivity index (χ4v) is 3.43. The Bertz CT molecular complexity index is 1090. The third-order valence-corrected chi connectivity index (χ3v) is 5.24. The fraction of sp³-hybridized carbons (Fsp3) is 0.444. The summed E-state index contributed by atoms with van der Waals surface area (Å²) in [6.45, 7) is 6.38. The molecule has 8 nitrogen and oxygen atoms in total. The summed E-state index contributed by atoms with van der Waals surface area (Å²) in [4.78, 5) is 38.9. The van der Waals surface area contributed by atoms with E-state index in [1.807, 2.05) is 6.92 Å². The largest absolute Gasteiger partial charge is 0.445 e. The minimum Gasteiger partial charge on any atom is -0.445 e. The van der Waals surface area contributed by atoms with E-state index in [1.165, 1.54) is 12.1 Å². The molecule has 2 aromatic carbocycles. The molecule has 0 heterocycles. The van der Waals surface area contributed by atoms with Gasteiger partial charge in [-0.25, -0.2) is 9.59 Å². The van der Waals surface area contributed by atoms with Crippen molar-refractivity contribution in [2.45, 2.75) is 77.5 Å². The molecule has 11 heteroatoms.